The number of carbonyl (C=O) groups excluding carboxylic acids is 1. The SMILES string of the molecule is CC(CN1CCc2ccc(-c3ccccc3)cc21)NC(=O)OC(C)(C)C. The first-order valence-electron chi connectivity index (χ1n) is 9.24. The summed E-state index contributed by atoms with van der Waals surface area (Å²) < 4.78 is 5.35. The molecule has 0 radical (unpaired) electrons. The maximum Gasteiger partial charge on any atom is 0.407 e. The van der Waals surface area contributed by atoms with Crippen molar-refractivity contribution in [3.8, 4) is 11.1 Å². The standard InChI is InChI=1S/C22H28N2O2/c1-16(23-21(25)26-22(2,3)4)15-24-13-12-18-10-11-19(14-20(18)24)17-8-6-5-7-9-17/h5-11,14,16H,12-13,15H2,1-4H3,(H,23,25). The van der Waals surface area contributed by atoms with Gasteiger partial charge in [0.15, 0.2) is 0 Å². The van der Waals surface area contributed by atoms with E-state index in [1.54, 1.807) is 0 Å². The Labute approximate surface area is 156 Å². The van der Waals surface area contributed by atoms with Gasteiger partial charge in [0.25, 0.3) is 0 Å². The van der Waals surface area contributed by atoms with Crippen LogP contribution in [0.2, 0.25) is 0 Å². The summed E-state index contributed by atoms with van der Waals surface area (Å²) in [5, 5.41) is 2.94. The highest BCUT2D eigenvalue weighted by atomic mass is 16.6. The van der Waals surface area contributed by atoms with Gasteiger partial charge in [0.1, 0.15) is 5.60 Å². The molecule has 1 amide bonds. The van der Waals surface area contributed by atoms with Crippen molar-refractivity contribution in [2.75, 3.05) is 18.0 Å². The topological polar surface area (TPSA) is 41.6 Å². The van der Waals surface area contributed by atoms with Gasteiger partial charge in [0, 0.05) is 24.8 Å². The van der Waals surface area contributed by atoms with Crippen molar-refractivity contribution in [2.24, 2.45) is 0 Å². The number of benzene rings is 2. The highest BCUT2D eigenvalue weighted by Gasteiger charge is 2.23. The van der Waals surface area contributed by atoms with Crippen molar-refractivity contribution in [3.05, 3.63) is 54.1 Å². The first-order valence-corrected chi connectivity index (χ1v) is 9.24. The number of fused-ring (bicyclic) bond motifs is 1. The largest absolute Gasteiger partial charge is 0.444 e. The lowest BCUT2D eigenvalue weighted by Gasteiger charge is -2.26. The summed E-state index contributed by atoms with van der Waals surface area (Å²) in [6.45, 7) is 9.39. The molecular weight excluding hydrogens is 324 g/mol. The molecule has 1 aliphatic rings. The second-order valence-corrected chi connectivity index (χ2v) is 7.95. The van der Waals surface area contributed by atoms with Crippen molar-refractivity contribution in [1.29, 1.82) is 0 Å². The van der Waals surface area contributed by atoms with Crippen molar-refractivity contribution in [3.63, 3.8) is 0 Å². The number of nitrogens with one attached hydrogen (secondary N) is 1. The average Bonchev–Trinajstić information content (AvgIpc) is 2.96. The minimum Gasteiger partial charge on any atom is -0.444 e. The number of amides is 1. The summed E-state index contributed by atoms with van der Waals surface area (Å²) in [7, 11) is 0. The van der Waals surface area contributed by atoms with Crippen LogP contribution in [0.4, 0.5) is 10.5 Å². The molecule has 1 atom stereocenters. The molecule has 0 fully saturated rings. The smallest absolute Gasteiger partial charge is 0.407 e. The summed E-state index contributed by atoms with van der Waals surface area (Å²) in [6, 6.07) is 17.1. The van der Waals surface area contributed by atoms with Crippen molar-refractivity contribution < 1.29 is 9.53 Å². The van der Waals surface area contributed by atoms with Crippen molar-refractivity contribution >= 4 is 11.8 Å². The van der Waals surface area contributed by atoms with Gasteiger partial charge < -0.3 is 15.0 Å². The van der Waals surface area contributed by atoms with Crippen LogP contribution in [0.1, 0.15) is 33.3 Å². The van der Waals surface area contributed by atoms with E-state index in [1.165, 1.54) is 22.4 Å². The van der Waals surface area contributed by atoms with E-state index in [0.717, 1.165) is 19.5 Å². The Morgan fingerprint density at radius 1 is 1.15 bits per heavy atom. The molecule has 138 valence electrons. The fourth-order valence-corrected chi connectivity index (χ4v) is 3.33. The van der Waals surface area contributed by atoms with Crippen LogP contribution in [0.25, 0.3) is 11.1 Å². The number of alkyl carbamates (subject to hydrolysis) is 1. The summed E-state index contributed by atoms with van der Waals surface area (Å²) in [6.07, 6.45) is 0.686. The number of rotatable bonds is 4. The highest BCUT2D eigenvalue weighted by Crippen LogP contribution is 2.32. The van der Waals surface area contributed by atoms with E-state index in [2.05, 4.69) is 52.7 Å². The lowest BCUT2D eigenvalue weighted by molar-refractivity contribution is 0.0510. The predicted molar refractivity (Wildman–Crippen MR) is 107 cm³/mol. The van der Waals surface area contributed by atoms with Crippen LogP contribution in [-0.2, 0) is 11.2 Å². The van der Waals surface area contributed by atoms with E-state index in [4.69, 9.17) is 4.74 Å². The molecule has 4 nitrogen and oxygen atoms in total. The molecular formula is C22H28N2O2. The summed E-state index contributed by atoms with van der Waals surface area (Å²) >= 11 is 0. The minimum atomic E-state index is -0.478. The number of hydrogen-bond acceptors (Lipinski definition) is 3. The summed E-state index contributed by atoms with van der Waals surface area (Å²) in [5.41, 5.74) is 4.61. The molecule has 2 aromatic carbocycles. The lowest BCUT2D eigenvalue weighted by atomic mass is 10.0. The molecule has 2 aromatic rings. The Morgan fingerprint density at radius 3 is 2.58 bits per heavy atom. The summed E-state index contributed by atoms with van der Waals surface area (Å²) in [5.74, 6) is 0. The molecule has 0 spiro atoms. The third kappa shape index (κ3) is 4.57. The van der Waals surface area contributed by atoms with Gasteiger partial charge in [-0.25, -0.2) is 4.79 Å². The molecule has 1 N–H and O–H groups in total. The zero-order valence-corrected chi connectivity index (χ0v) is 16.1. The third-order valence-corrected chi connectivity index (χ3v) is 4.44. The molecule has 1 heterocycles. The Balaban J connectivity index is 1.68. The molecule has 0 saturated carbocycles. The fourth-order valence-electron chi connectivity index (χ4n) is 3.33. The molecule has 1 unspecified atom stereocenters. The van der Waals surface area contributed by atoms with E-state index in [9.17, 15) is 4.79 Å². The van der Waals surface area contributed by atoms with Crippen LogP contribution >= 0.6 is 0 Å². The van der Waals surface area contributed by atoms with Gasteiger partial charge in [-0.2, -0.15) is 0 Å². The van der Waals surface area contributed by atoms with Gasteiger partial charge in [-0.3, -0.25) is 0 Å². The van der Waals surface area contributed by atoms with E-state index in [-0.39, 0.29) is 12.1 Å². The Bertz CT molecular complexity index is 765. The summed E-state index contributed by atoms with van der Waals surface area (Å²) in [4.78, 5) is 14.3. The van der Waals surface area contributed by atoms with E-state index in [1.807, 2.05) is 33.8 Å². The van der Waals surface area contributed by atoms with Crippen molar-refractivity contribution in [2.45, 2.75) is 45.8 Å². The number of carbonyl (C=O) groups is 1. The Morgan fingerprint density at radius 2 is 1.88 bits per heavy atom. The second kappa shape index (κ2) is 7.40. The number of hydrogen-bond donors (Lipinski definition) is 1. The van der Waals surface area contributed by atoms with Crippen LogP contribution in [0, 0.1) is 0 Å². The Kier molecular flexibility index (Phi) is 5.21. The average molecular weight is 352 g/mol. The molecule has 1 aliphatic heterocycles. The maximum atomic E-state index is 12.0. The van der Waals surface area contributed by atoms with E-state index in [0.29, 0.717) is 0 Å². The van der Waals surface area contributed by atoms with E-state index >= 15 is 0 Å². The van der Waals surface area contributed by atoms with Crippen LogP contribution in [0.5, 0.6) is 0 Å². The van der Waals surface area contributed by atoms with Gasteiger partial charge in [0.2, 0.25) is 0 Å². The van der Waals surface area contributed by atoms with Crippen LogP contribution in [0.3, 0.4) is 0 Å². The first kappa shape index (κ1) is 18.3. The minimum absolute atomic E-state index is 0.0104. The van der Waals surface area contributed by atoms with Gasteiger partial charge in [-0.1, -0.05) is 42.5 Å². The molecule has 0 aromatic heterocycles. The number of anilines is 1. The zero-order chi connectivity index (χ0) is 18.7. The molecule has 3 rings (SSSR count). The van der Waals surface area contributed by atoms with Crippen LogP contribution in [0.15, 0.2) is 48.5 Å². The van der Waals surface area contributed by atoms with Gasteiger partial charge >= 0.3 is 6.09 Å². The quantitative estimate of drug-likeness (QED) is 0.872. The monoisotopic (exact) mass is 352 g/mol. The van der Waals surface area contributed by atoms with Crippen LogP contribution in [-0.4, -0.2) is 30.8 Å². The molecule has 0 bridgehead atoms. The third-order valence-electron chi connectivity index (χ3n) is 4.44. The van der Waals surface area contributed by atoms with E-state index < -0.39 is 5.60 Å². The second-order valence-electron chi connectivity index (χ2n) is 7.95. The van der Waals surface area contributed by atoms with Gasteiger partial charge in [-0.15, -0.1) is 0 Å². The fraction of sp³-hybridized carbons (Fsp3) is 0.409. The number of nitrogens with zero attached hydrogens (tertiary/aromatic N) is 1. The van der Waals surface area contributed by atoms with Gasteiger partial charge in [0.05, 0.1) is 0 Å². The first-order chi connectivity index (χ1) is 12.3. The maximum absolute atomic E-state index is 12.0. The van der Waals surface area contributed by atoms with Crippen molar-refractivity contribution in [1.82, 2.24) is 5.32 Å². The molecule has 0 aliphatic carbocycles. The Hall–Kier alpha value is -2.49. The van der Waals surface area contributed by atoms with Gasteiger partial charge in [-0.05, 0) is 56.9 Å². The van der Waals surface area contributed by atoms with Crippen LogP contribution < -0.4 is 10.2 Å². The molecule has 4 heteroatoms. The highest BCUT2D eigenvalue weighted by molar-refractivity contribution is 5.72. The number of ether oxygens (including phenoxy) is 1. The normalized spacial score (nSPS) is 14.7. The lowest BCUT2D eigenvalue weighted by Crippen LogP contribution is -2.43. The molecule has 26 heavy (non-hydrogen) atoms. The molecule has 0 saturated heterocycles. The zero-order valence-electron chi connectivity index (χ0n) is 16.1. The predicted octanol–water partition coefficient (Wildman–Crippen LogP) is 4.63.